The van der Waals surface area contributed by atoms with Crippen LogP contribution in [0.15, 0.2) is 11.8 Å². The number of nitrogens with one attached hydrogen (secondary N) is 1. The first-order chi connectivity index (χ1) is 5.92. The molecule has 0 radical (unpaired) electrons. The molecule has 1 aliphatic heterocycles. The monoisotopic (exact) mass is 168 g/mol. The molecule has 0 aromatic carbocycles. The van der Waals surface area contributed by atoms with Crippen molar-refractivity contribution in [2.45, 2.75) is 31.7 Å². The van der Waals surface area contributed by atoms with Gasteiger partial charge in [0, 0.05) is 0 Å². The minimum Gasteiger partial charge on any atom is -0.497 e. The van der Waals surface area contributed by atoms with Crippen molar-refractivity contribution >= 4 is 0 Å². The van der Waals surface area contributed by atoms with Gasteiger partial charge in [-0.3, -0.25) is 5.84 Å². The summed E-state index contributed by atoms with van der Waals surface area (Å²) in [6, 6.07) is 0.283. The van der Waals surface area contributed by atoms with Gasteiger partial charge in [0.25, 0.3) is 0 Å². The van der Waals surface area contributed by atoms with Crippen LogP contribution in [0.1, 0.15) is 25.7 Å². The lowest BCUT2D eigenvalue weighted by molar-refractivity contribution is 0.162. The summed E-state index contributed by atoms with van der Waals surface area (Å²) in [6.07, 6.45) is 7.03. The molecular formula is C9H16N2O. The molecule has 1 fully saturated rings. The Morgan fingerprint density at radius 2 is 2.42 bits per heavy atom. The van der Waals surface area contributed by atoms with Gasteiger partial charge in [0.2, 0.25) is 0 Å². The van der Waals surface area contributed by atoms with Gasteiger partial charge in [0.05, 0.1) is 12.6 Å². The lowest BCUT2D eigenvalue weighted by Gasteiger charge is -2.22. The van der Waals surface area contributed by atoms with E-state index >= 15 is 0 Å². The van der Waals surface area contributed by atoms with E-state index in [1.54, 1.807) is 0 Å². The fraction of sp³-hybridized carbons (Fsp3) is 0.778. The summed E-state index contributed by atoms with van der Waals surface area (Å²) < 4.78 is 5.55. The predicted octanol–water partition coefficient (Wildman–Crippen LogP) is 0.923. The molecule has 1 saturated carbocycles. The lowest BCUT2D eigenvalue weighted by atomic mass is 10.1. The first kappa shape index (κ1) is 8.08. The summed E-state index contributed by atoms with van der Waals surface area (Å²) >= 11 is 0. The zero-order chi connectivity index (χ0) is 8.39. The van der Waals surface area contributed by atoms with E-state index in [4.69, 9.17) is 10.6 Å². The molecule has 68 valence electrons. The Morgan fingerprint density at radius 1 is 1.58 bits per heavy atom. The number of nitrogens with two attached hydrogens (primary N) is 1. The van der Waals surface area contributed by atoms with E-state index in [1.807, 2.05) is 0 Å². The van der Waals surface area contributed by atoms with Gasteiger partial charge in [-0.2, -0.15) is 0 Å². The molecule has 0 saturated heterocycles. The van der Waals surface area contributed by atoms with Crippen molar-refractivity contribution in [3.8, 4) is 0 Å². The van der Waals surface area contributed by atoms with Gasteiger partial charge in [-0.15, -0.1) is 0 Å². The molecular weight excluding hydrogens is 152 g/mol. The SMILES string of the molecule is NNC(C1=CCCCO1)C1CC1. The molecule has 1 aliphatic carbocycles. The zero-order valence-corrected chi connectivity index (χ0v) is 7.25. The van der Waals surface area contributed by atoms with Gasteiger partial charge >= 0.3 is 0 Å². The highest BCUT2D eigenvalue weighted by molar-refractivity contribution is 5.09. The molecule has 1 heterocycles. The number of hydrogen-bond acceptors (Lipinski definition) is 3. The van der Waals surface area contributed by atoms with Gasteiger partial charge in [-0.25, -0.2) is 5.43 Å². The smallest absolute Gasteiger partial charge is 0.111 e. The van der Waals surface area contributed by atoms with Crippen molar-refractivity contribution in [2.75, 3.05) is 6.61 Å². The average Bonchev–Trinajstić information content (AvgIpc) is 2.92. The second-order valence-electron chi connectivity index (χ2n) is 3.58. The third kappa shape index (κ3) is 1.62. The highest BCUT2D eigenvalue weighted by Gasteiger charge is 2.34. The Kier molecular flexibility index (Phi) is 2.33. The molecule has 3 N–H and O–H groups in total. The Balaban J connectivity index is 1.98. The van der Waals surface area contributed by atoms with Crippen molar-refractivity contribution < 1.29 is 4.74 Å². The van der Waals surface area contributed by atoms with Crippen molar-refractivity contribution in [2.24, 2.45) is 11.8 Å². The fourth-order valence-corrected chi connectivity index (χ4v) is 1.67. The van der Waals surface area contributed by atoms with E-state index in [9.17, 15) is 0 Å². The van der Waals surface area contributed by atoms with Crippen LogP contribution in [0.4, 0.5) is 0 Å². The molecule has 12 heavy (non-hydrogen) atoms. The number of hydrogen-bond donors (Lipinski definition) is 2. The standard InChI is InChI=1S/C9H16N2O/c10-11-9(7-4-5-7)8-3-1-2-6-12-8/h3,7,9,11H,1-2,4-6,10H2. The summed E-state index contributed by atoms with van der Waals surface area (Å²) in [5, 5.41) is 0. The van der Waals surface area contributed by atoms with Crippen LogP contribution in [0.5, 0.6) is 0 Å². The Labute approximate surface area is 72.9 Å². The average molecular weight is 168 g/mol. The van der Waals surface area contributed by atoms with Crippen LogP contribution in [0.2, 0.25) is 0 Å². The number of allylic oxidation sites excluding steroid dienone is 1. The number of ether oxygens (including phenoxy) is 1. The van der Waals surface area contributed by atoms with Gasteiger partial charge < -0.3 is 4.74 Å². The molecule has 1 unspecified atom stereocenters. The van der Waals surface area contributed by atoms with Crippen molar-refractivity contribution in [3.63, 3.8) is 0 Å². The molecule has 0 bridgehead atoms. The highest BCUT2D eigenvalue weighted by Crippen LogP contribution is 2.36. The predicted molar refractivity (Wildman–Crippen MR) is 47.1 cm³/mol. The second kappa shape index (κ2) is 3.46. The number of hydrazine groups is 1. The molecule has 0 amide bonds. The van der Waals surface area contributed by atoms with Crippen molar-refractivity contribution in [1.82, 2.24) is 5.43 Å². The third-order valence-electron chi connectivity index (χ3n) is 2.54. The van der Waals surface area contributed by atoms with Gasteiger partial charge in [0.15, 0.2) is 0 Å². The van der Waals surface area contributed by atoms with Crippen molar-refractivity contribution in [3.05, 3.63) is 11.8 Å². The summed E-state index contributed by atoms with van der Waals surface area (Å²) in [5.74, 6) is 7.27. The highest BCUT2D eigenvalue weighted by atomic mass is 16.5. The largest absolute Gasteiger partial charge is 0.497 e. The molecule has 0 aromatic heterocycles. The van der Waals surface area contributed by atoms with E-state index in [2.05, 4.69) is 11.5 Å². The van der Waals surface area contributed by atoms with Crippen molar-refractivity contribution in [1.29, 1.82) is 0 Å². The second-order valence-corrected chi connectivity index (χ2v) is 3.58. The Morgan fingerprint density at radius 3 is 2.92 bits per heavy atom. The maximum absolute atomic E-state index is 5.55. The van der Waals surface area contributed by atoms with Crippen LogP contribution < -0.4 is 11.3 Å². The zero-order valence-electron chi connectivity index (χ0n) is 7.25. The summed E-state index contributed by atoms with van der Waals surface area (Å²) in [6.45, 7) is 0.858. The van der Waals surface area contributed by atoms with Crippen LogP contribution in [-0.2, 0) is 4.74 Å². The molecule has 3 heteroatoms. The van der Waals surface area contributed by atoms with Crippen LogP contribution in [-0.4, -0.2) is 12.6 Å². The van der Waals surface area contributed by atoms with Crippen LogP contribution in [0.3, 0.4) is 0 Å². The van der Waals surface area contributed by atoms with Crippen LogP contribution in [0, 0.1) is 5.92 Å². The van der Waals surface area contributed by atoms with E-state index in [-0.39, 0.29) is 6.04 Å². The van der Waals surface area contributed by atoms with E-state index in [1.165, 1.54) is 12.8 Å². The minimum atomic E-state index is 0.283. The van der Waals surface area contributed by atoms with Crippen LogP contribution in [0.25, 0.3) is 0 Å². The first-order valence-corrected chi connectivity index (χ1v) is 4.71. The van der Waals surface area contributed by atoms with E-state index in [0.29, 0.717) is 0 Å². The molecule has 1 atom stereocenters. The third-order valence-corrected chi connectivity index (χ3v) is 2.54. The lowest BCUT2D eigenvalue weighted by Crippen LogP contribution is -2.39. The van der Waals surface area contributed by atoms with E-state index in [0.717, 1.165) is 31.1 Å². The first-order valence-electron chi connectivity index (χ1n) is 4.71. The normalized spacial score (nSPS) is 25.9. The Hall–Kier alpha value is -0.540. The summed E-state index contributed by atoms with van der Waals surface area (Å²) in [5.41, 5.74) is 2.84. The molecule has 3 nitrogen and oxygen atoms in total. The maximum Gasteiger partial charge on any atom is 0.111 e. The minimum absolute atomic E-state index is 0.283. The molecule has 0 spiro atoms. The van der Waals surface area contributed by atoms with Gasteiger partial charge in [-0.05, 0) is 37.7 Å². The van der Waals surface area contributed by atoms with Gasteiger partial charge in [-0.1, -0.05) is 0 Å². The topological polar surface area (TPSA) is 47.3 Å². The maximum atomic E-state index is 5.55. The molecule has 2 aliphatic rings. The number of rotatable bonds is 3. The molecule has 2 rings (SSSR count). The molecule has 0 aromatic rings. The van der Waals surface area contributed by atoms with Gasteiger partial charge in [0.1, 0.15) is 5.76 Å². The fourth-order valence-electron chi connectivity index (χ4n) is 1.67. The van der Waals surface area contributed by atoms with Crippen LogP contribution >= 0.6 is 0 Å². The Bertz CT molecular complexity index is 187. The quantitative estimate of drug-likeness (QED) is 0.486. The summed E-state index contributed by atoms with van der Waals surface area (Å²) in [4.78, 5) is 0. The van der Waals surface area contributed by atoms with E-state index < -0.39 is 0 Å². The summed E-state index contributed by atoms with van der Waals surface area (Å²) in [7, 11) is 0.